The third-order valence-corrected chi connectivity index (χ3v) is 6.37. The summed E-state index contributed by atoms with van der Waals surface area (Å²) in [7, 11) is 3.63. The standard InChI is InChI=1S/C23H39N5O/c1-18(2)27-15-11-19(12-16-27)26-23(24-3)25-17-21(28-13-7-8-14-28)20-9-5-6-10-22(20)29-4/h5-6,9-10,18-19,21H,7-8,11-17H2,1-4H3,(H2,24,25,26). The molecular formula is C23H39N5O. The van der Waals surface area contributed by atoms with Gasteiger partial charge in [-0.1, -0.05) is 18.2 Å². The number of ether oxygens (including phenoxy) is 1. The molecule has 1 aromatic rings. The number of guanidine groups is 1. The van der Waals surface area contributed by atoms with Crippen LogP contribution in [-0.4, -0.2) is 74.7 Å². The molecule has 1 aromatic carbocycles. The van der Waals surface area contributed by atoms with E-state index >= 15 is 0 Å². The molecular weight excluding hydrogens is 362 g/mol. The van der Waals surface area contributed by atoms with Crippen molar-refractivity contribution in [1.82, 2.24) is 20.4 Å². The molecule has 2 saturated heterocycles. The maximum Gasteiger partial charge on any atom is 0.191 e. The van der Waals surface area contributed by atoms with Crippen molar-refractivity contribution in [2.45, 2.75) is 57.7 Å². The Kier molecular flexibility index (Phi) is 8.19. The number of nitrogens with one attached hydrogen (secondary N) is 2. The van der Waals surface area contributed by atoms with Crippen LogP contribution in [0.1, 0.15) is 51.1 Å². The lowest BCUT2D eigenvalue weighted by Crippen LogP contribution is -2.51. The summed E-state index contributed by atoms with van der Waals surface area (Å²) in [6.07, 6.45) is 4.88. The van der Waals surface area contributed by atoms with Gasteiger partial charge in [-0.2, -0.15) is 0 Å². The molecule has 0 amide bonds. The average molecular weight is 402 g/mol. The van der Waals surface area contributed by atoms with E-state index in [1.54, 1.807) is 7.11 Å². The summed E-state index contributed by atoms with van der Waals surface area (Å²) in [5, 5.41) is 7.26. The van der Waals surface area contributed by atoms with Crippen molar-refractivity contribution < 1.29 is 4.74 Å². The molecule has 6 nitrogen and oxygen atoms in total. The van der Waals surface area contributed by atoms with Gasteiger partial charge in [0.25, 0.3) is 0 Å². The van der Waals surface area contributed by atoms with E-state index in [9.17, 15) is 0 Å². The Hall–Kier alpha value is -1.79. The van der Waals surface area contributed by atoms with Crippen LogP contribution in [0.2, 0.25) is 0 Å². The zero-order valence-electron chi connectivity index (χ0n) is 18.7. The first kappa shape index (κ1) is 21.9. The molecule has 0 aliphatic carbocycles. The molecule has 0 radical (unpaired) electrons. The second-order valence-corrected chi connectivity index (χ2v) is 8.50. The number of hydrogen-bond donors (Lipinski definition) is 2. The van der Waals surface area contributed by atoms with Crippen LogP contribution in [0.5, 0.6) is 5.75 Å². The minimum atomic E-state index is 0.287. The van der Waals surface area contributed by atoms with Gasteiger partial charge in [0, 0.05) is 44.3 Å². The summed E-state index contributed by atoms with van der Waals surface area (Å²) in [5.41, 5.74) is 1.25. The van der Waals surface area contributed by atoms with Crippen LogP contribution in [0.4, 0.5) is 0 Å². The molecule has 162 valence electrons. The summed E-state index contributed by atoms with van der Waals surface area (Å²) < 4.78 is 5.66. The largest absolute Gasteiger partial charge is 0.496 e. The van der Waals surface area contributed by atoms with Gasteiger partial charge < -0.3 is 20.3 Å². The lowest BCUT2D eigenvalue weighted by Gasteiger charge is -2.35. The lowest BCUT2D eigenvalue weighted by atomic mass is 10.0. The minimum absolute atomic E-state index is 0.287. The molecule has 3 rings (SSSR count). The fourth-order valence-corrected chi connectivity index (χ4v) is 4.57. The van der Waals surface area contributed by atoms with E-state index in [2.05, 4.69) is 57.5 Å². The van der Waals surface area contributed by atoms with Crippen LogP contribution < -0.4 is 15.4 Å². The molecule has 0 bridgehead atoms. The van der Waals surface area contributed by atoms with Crippen molar-refractivity contribution in [3.8, 4) is 5.75 Å². The molecule has 29 heavy (non-hydrogen) atoms. The zero-order valence-corrected chi connectivity index (χ0v) is 18.7. The second kappa shape index (κ2) is 10.8. The van der Waals surface area contributed by atoms with Crippen molar-refractivity contribution in [3.63, 3.8) is 0 Å². The maximum absolute atomic E-state index is 5.66. The highest BCUT2D eigenvalue weighted by atomic mass is 16.5. The molecule has 0 spiro atoms. The van der Waals surface area contributed by atoms with Gasteiger partial charge in [-0.05, 0) is 58.7 Å². The lowest BCUT2D eigenvalue weighted by molar-refractivity contribution is 0.167. The van der Waals surface area contributed by atoms with Gasteiger partial charge >= 0.3 is 0 Å². The average Bonchev–Trinajstić information content (AvgIpc) is 3.28. The number of methoxy groups -OCH3 is 1. The van der Waals surface area contributed by atoms with Crippen molar-refractivity contribution in [3.05, 3.63) is 29.8 Å². The van der Waals surface area contributed by atoms with Gasteiger partial charge in [0.05, 0.1) is 13.2 Å². The molecule has 1 unspecified atom stereocenters. The predicted molar refractivity (Wildman–Crippen MR) is 121 cm³/mol. The minimum Gasteiger partial charge on any atom is -0.496 e. The zero-order chi connectivity index (χ0) is 20.6. The Morgan fingerprint density at radius 1 is 1.10 bits per heavy atom. The van der Waals surface area contributed by atoms with Crippen LogP contribution >= 0.6 is 0 Å². The van der Waals surface area contributed by atoms with E-state index in [0.29, 0.717) is 12.1 Å². The number of para-hydroxylation sites is 1. The Bertz CT molecular complexity index is 648. The molecule has 0 saturated carbocycles. The normalized spacial score (nSPS) is 20.8. The van der Waals surface area contributed by atoms with Crippen LogP contribution in [0.15, 0.2) is 29.3 Å². The summed E-state index contributed by atoms with van der Waals surface area (Å²) in [6.45, 7) is 9.99. The second-order valence-electron chi connectivity index (χ2n) is 8.50. The number of piperidine rings is 1. The summed E-state index contributed by atoms with van der Waals surface area (Å²) in [5.74, 6) is 1.88. The first-order valence-electron chi connectivity index (χ1n) is 11.2. The van der Waals surface area contributed by atoms with Crippen molar-refractivity contribution >= 4 is 5.96 Å². The topological polar surface area (TPSA) is 52.1 Å². The van der Waals surface area contributed by atoms with Gasteiger partial charge in [0.15, 0.2) is 5.96 Å². The Morgan fingerprint density at radius 3 is 2.41 bits per heavy atom. The molecule has 2 N–H and O–H groups in total. The van der Waals surface area contributed by atoms with Crippen molar-refractivity contribution in [1.29, 1.82) is 0 Å². The van der Waals surface area contributed by atoms with Gasteiger partial charge in [0.2, 0.25) is 0 Å². The number of rotatable bonds is 7. The highest BCUT2D eigenvalue weighted by molar-refractivity contribution is 5.80. The van der Waals surface area contributed by atoms with Crippen LogP contribution in [0, 0.1) is 0 Å². The van der Waals surface area contributed by atoms with Gasteiger partial charge in [-0.15, -0.1) is 0 Å². The highest BCUT2D eigenvalue weighted by Gasteiger charge is 2.27. The van der Waals surface area contributed by atoms with E-state index in [1.165, 1.54) is 31.2 Å². The molecule has 2 aliphatic rings. The molecule has 6 heteroatoms. The van der Waals surface area contributed by atoms with Crippen molar-refractivity contribution in [2.75, 3.05) is 46.9 Å². The Balaban J connectivity index is 1.61. The van der Waals surface area contributed by atoms with Crippen molar-refractivity contribution in [2.24, 2.45) is 4.99 Å². The van der Waals surface area contributed by atoms with Gasteiger partial charge in [0.1, 0.15) is 5.75 Å². The smallest absolute Gasteiger partial charge is 0.191 e. The third-order valence-electron chi connectivity index (χ3n) is 6.37. The number of hydrogen-bond acceptors (Lipinski definition) is 4. The highest BCUT2D eigenvalue weighted by Crippen LogP contribution is 2.31. The van der Waals surface area contributed by atoms with Crippen LogP contribution in [0.3, 0.4) is 0 Å². The number of nitrogens with zero attached hydrogens (tertiary/aromatic N) is 3. The summed E-state index contributed by atoms with van der Waals surface area (Å²) in [6, 6.07) is 9.82. The first-order valence-corrected chi connectivity index (χ1v) is 11.2. The fourth-order valence-electron chi connectivity index (χ4n) is 4.57. The maximum atomic E-state index is 5.66. The molecule has 2 fully saturated rings. The fraction of sp³-hybridized carbons (Fsp3) is 0.696. The number of aliphatic imine (C=N–C) groups is 1. The van der Waals surface area contributed by atoms with E-state index < -0.39 is 0 Å². The molecule has 2 aliphatic heterocycles. The quantitative estimate of drug-likeness (QED) is 0.544. The van der Waals surface area contributed by atoms with E-state index in [0.717, 1.165) is 44.4 Å². The Morgan fingerprint density at radius 2 is 1.79 bits per heavy atom. The SMILES string of the molecule is CN=C(NCC(c1ccccc1OC)N1CCCC1)NC1CCN(C(C)C)CC1. The summed E-state index contributed by atoms with van der Waals surface area (Å²) in [4.78, 5) is 9.63. The monoisotopic (exact) mass is 401 g/mol. The van der Waals surface area contributed by atoms with E-state index in [4.69, 9.17) is 4.74 Å². The van der Waals surface area contributed by atoms with Crippen LogP contribution in [-0.2, 0) is 0 Å². The number of benzene rings is 1. The first-order chi connectivity index (χ1) is 14.1. The summed E-state index contributed by atoms with van der Waals surface area (Å²) >= 11 is 0. The van der Waals surface area contributed by atoms with Gasteiger partial charge in [-0.3, -0.25) is 9.89 Å². The third kappa shape index (κ3) is 5.86. The predicted octanol–water partition coefficient (Wildman–Crippen LogP) is 2.87. The van der Waals surface area contributed by atoms with Crippen LogP contribution in [0.25, 0.3) is 0 Å². The molecule has 1 atom stereocenters. The van der Waals surface area contributed by atoms with E-state index in [1.807, 2.05) is 13.1 Å². The molecule has 0 aromatic heterocycles. The van der Waals surface area contributed by atoms with Gasteiger partial charge in [-0.25, -0.2) is 0 Å². The number of likely N-dealkylation sites (tertiary alicyclic amines) is 2. The molecule has 2 heterocycles. The van der Waals surface area contributed by atoms with E-state index in [-0.39, 0.29) is 6.04 Å². The Labute approximate surface area is 176 Å².